The first-order valence-corrected chi connectivity index (χ1v) is 8.11. The fourth-order valence-corrected chi connectivity index (χ4v) is 2.70. The summed E-state index contributed by atoms with van der Waals surface area (Å²) in [6.45, 7) is 1.10. The number of quaternary nitrogens is 1. The molecule has 1 unspecified atom stereocenters. The Morgan fingerprint density at radius 2 is 1.78 bits per heavy atom. The molecule has 0 aromatic heterocycles. The summed E-state index contributed by atoms with van der Waals surface area (Å²) in [6, 6.07) is 16.4. The van der Waals surface area contributed by atoms with Crippen LogP contribution < -0.4 is 10.2 Å². The number of hydrogen-bond donors (Lipinski definition) is 2. The Morgan fingerprint density at radius 1 is 1.13 bits per heavy atom. The van der Waals surface area contributed by atoms with Crippen LogP contribution in [0.2, 0.25) is 0 Å². The van der Waals surface area contributed by atoms with Crippen molar-refractivity contribution in [2.75, 3.05) is 18.9 Å². The molecule has 0 heterocycles. The molecule has 0 saturated carbocycles. The normalized spacial score (nSPS) is 12.2. The van der Waals surface area contributed by atoms with E-state index in [1.54, 1.807) is 24.3 Å². The monoisotopic (exact) mass is 337 g/mol. The molecule has 0 aliphatic carbocycles. The van der Waals surface area contributed by atoms with Crippen molar-refractivity contribution < 1.29 is 18.5 Å². The highest BCUT2D eigenvalue weighted by atomic mass is 32.2. The summed E-state index contributed by atoms with van der Waals surface area (Å²) in [4.78, 5) is 13.6. The second-order valence-electron chi connectivity index (χ2n) is 5.25. The zero-order chi connectivity index (χ0) is 16.7. The van der Waals surface area contributed by atoms with Crippen molar-refractivity contribution in [3.8, 4) is 0 Å². The molecule has 3 nitrogen and oxygen atoms in total. The molecule has 0 bridgehead atoms. The summed E-state index contributed by atoms with van der Waals surface area (Å²) in [6.07, 6.45) is 0. The first-order chi connectivity index (χ1) is 11.0. The van der Waals surface area contributed by atoms with Crippen molar-refractivity contribution in [1.29, 1.82) is 0 Å². The van der Waals surface area contributed by atoms with Gasteiger partial charge < -0.3 is 10.2 Å². The Morgan fingerprint density at radius 3 is 2.39 bits per heavy atom. The number of likely N-dealkylation sites (N-methyl/N-ethyl adjacent to an activating group) is 1. The van der Waals surface area contributed by atoms with Crippen molar-refractivity contribution in [2.45, 2.75) is 17.2 Å². The number of halogens is 2. The minimum absolute atomic E-state index is 0.104. The highest BCUT2D eigenvalue weighted by Crippen LogP contribution is 2.26. The predicted molar refractivity (Wildman–Crippen MR) is 88.8 cm³/mol. The lowest BCUT2D eigenvalue weighted by Crippen LogP contribution is -3.08. The van der Waals surface area contributed by atoms with Gasteiger partial charge in [-0.25, -0.2) is 0 Å². The lowest BCUT2D eigenvalue weighted by molar-refractivity contribution is -0.885. The Kier molecular flexibility index (Phi) is 6.55. The quantitative estimate of drug-likeness (QED) is 0.762. The molecule has 1 amide bonds. The van der Waals surface area contributed by atoms with Crippen LogP contribution in [-0.4, -0.2) is 25.3 Å². The molecule has 0 saturated heterocycles. The minimum atomic E-state index is -2.44. The molecule has 0 spiro atoms. The fraction of sp³-hybridized carbons (Fsp3) is 0.235. The maximum atomic E-state index is 12.2. The Hall–Kier alpha value is -1.92. The number of amides is 1. The number of nitrogens with one attached hydrogen (secondary N) is 2. The summed E-state index contributed by atoms with van der Waals surface area (Å²) < 4.78 is 24.5. The van der Waals surface area contributed by atoms with Gasteiger partial charge in [-0.05, 0) is 24.3 Å². The second-order valence-corrected chi connectivity index (χ2v) is 6.31. The molecule has 0 radical (unpaired) electrons. The number of carbonyl (C=O) groups is 1. The molecule has 23 heavy (non-hydrogen) atoms. The molecule has 2 aromatic rings. The number of benzene rings is 2. The molecule has 1 atom stereocenters. The molecule has 0 aliphatic rings. The average molecular weight is 337 g/mol. The maximum absolute atomic E-state index is 12.2. The highest BCUT2D eigenvalue weighted by molar-refractivity contribution is 7.99. The van der Waals surface area contributed by atoms with Gasteiger partial charge in [0, 0.05) is 16.1 Å². The molecule has 0 fully saturated rings. The zero-order valence-corrected chi connectivity index (χ0v) is 13.6. The molecular weight excluding hydrogens is 318 g/mol. The standard InChI is InChI=1S/C17H18F2N2OS/c1-21(11-13-5-3-2-4-6-13)12-16(22)20-14-7-9-15(10-8-14)23-17(18)19/h2-10,17H,11-12H2,1H3,(H,20,22)/p+1. The summed E-state index contributed by atoms with van der Waals surface area (Å²) in [5.41, 5.74) is 1.78. The van der Waals surface area contributed by atoms with Gasteiger partial charge >= 0.3 is 0 Å². The van der Waals surface area contributed by atoms with E-state index in [0.717, 1.165) is 11.4 Å². The fourth-order valence-electron chi connectivity index (χ4n) is 2.21. The SMILES string of the molecule is C[NH+](CC(=O)Nc1ccc(SC(F)F)cc1)Cc1ccccc1. The highest BCUT2D eigenvalue weighted by Gasteiger charge is 2.11. The van der Waals surface area contributed by atoms with Crippen molar-refractivity contribution in [2.24, 2.45) is 0 Å². The van der Waals surface area contributed by atoms with Gasteiger partial charge in [0.25, 0.3) is 11.7 Å². The van der Waals surface area contributed by atoms with Crippen LogP contribution in [0.5, 0.6) is 0 Å². The summed E-state index contributed by atoms with van der Waals surface area (Å²) in [7, 11) is 1.95. The summed E-state index contributed by atoms with van der Waals surface area (Å²) in [5, 5.41) is 2.78. The molecule has 6 heteroatoms. The Labute approximate surface area is 138 Å². The number of rotatable bonds is 7. The van der Waals surface area contributed by atoms with E-state index < -0.39 is 5.76 Å². The van der Waals surface area contributed by atoms with Crippen LogP contribution in [0.4, 0.5) is 14.5 Å². The molecular formula is C17H19F2N2OS+. The third kappa shape index (κ3) is 6.38. The van der Waals surface area contributed by atoms with Crippen LogP contribution in [-0.2, 0) is 11.3 Å². The second kappa shape index (κ2) is 8.64. The van der Waals surface area contributed by atoms with Crippen molar-refractivity contribution >= 4 is 23.4 Å². The lowest BCUT2D eigenvalue weighted by Gasteiger charge is -2.14. The third-order valence-corrected chi connectivity index (χ3v) is 3.90. The molecule has 122 valence electrons. The van der Waals surface area contributed by atoms with E-state index in [1.165, 1.54) is 5.56 Å². The summed E-state index contributed by atoms with van der Waals surface area (Å²) >= 11 is 0.488. The van der Waals surface area contributed by atoms with Gasteiger partial charge in [0.1, 0.15) is 6.54 Å². The number of anilines is 1. The van der Waals surface area contributed by atoms with Gasteiger partial charge in [0.05, 0.1) is 7.05 Å². The smallest absolute Gasteiger partial charge is 0.288 e. The molecule has 0 aliphatic heterocycles. The van der Waals surface area contributed by atoms with Gasteiger partial charge in [-0.1, -0.05) is 42.1 Å². The van der Waals surface area contributed by atoms with E-state index in [1.807, 2.05) is 37.4 Å². The van der Waals surface area contributed by atoms with Crippen LogP contribution >= 0.6 is 11.8 Å². The third-order valence-electron chi connectivity index (χ3n) is 3.17. The van der Waals surface area contributed by atoms with E-state index in [2.05, 4.69) is 5.32 Å². The number of thioether (sulfide) groups is 1. The van der Waals surface area contributed by atoms with Gasteiger partial charge in [-0.15, -0.1) is 0 Å². The number of alkyl halides is 2. The predicted octanol–water partition coefficient (Wildman–Crippen LogP) is 2.65. The van der Waals surface area contributed by atoms with E-state index in [4.69, 9.17) is 0 Å². The Bertz CT molecular complexity index is 620. The first kappa shape index (κ1) is 17.4. The summed E-state index contributed by atoms with van der Waals surface area (Å²) in [5.74, 6) is -2.54. The molecule has 2 N–H and O–H groups in total. The van der Waals surface area contributed by atoms with E-state index in [-0.39, 0.29) is 5.91 Å². The van der Waals surface area contributed by atoms with Gasteiger partial charge in [-0.2, -0.15) is 8.78 Å². The van der Waals surface area contributed by atoms with E-state index in [0.29, 0.717) is 28.9 Å². The van der Waals surface area contributed by atoms with E-state index >= 15 is 0 Å². The van der Waals surface area contributed by atoms with Gasteiger partial charge in [0.2, 0.25) is 0 Å². The van der Waals surface area contributed by atoms with Crippen molar-refractivity contribution in [3.05, 3.63) is 60.2 Å². The average Bonchev–Trinajstić information content (AvgIpc) is 2.49. The minimum Gasteiger partial charge on any atom is -0.326 e. The molecule has 2 aromatic carbocycles. The number of carbonyl (C=O) groups excluding carboxylic acids is 1. The van der Waals surface area contributed by atoms with Crippen LogP contribution in [0, 0.1) is 0 Å². The lowest BCUT2D eigenvalue weighted by atomic mass is 10.2. The van der Waals surface area contributed by atoms with E-state index in [9.17, 15) is 13.6 Å². The first-order valence-electron chi connectivity index (χ1n) is 7.23. The van der Waals surface area contributed by atoms with Crippen LogP contribution in [0.1, 0.15) is 5.56 Å². The number of hydrogen-bond acceptors (Lipinski definition) is 2. The van der Waals surface area contributed by atoms with Gasteiger partial charge in [0.15, 0.2) is 6.54 Å². The maximum Gasteiger partial charge on any atom is 0.288 e. The Balaban J connectivity index is 1.82. The zero-order valence-electron chi connectivity index (χ0n) is 12.8. The van der Waals surface area contributed by atoms with Crippen LogP contribution in [0.15, 0.2) is 59.5 Å². The molecule has 2 rings (SSSR count). The largest absolute Gasteiger partial charge is 0.326 e. The van der Waals surface area contributed by atoms with Crippen LogP contribution in [0.25, 0.3) is 0 Å². The van der Waals surface area contributed by atoms with Crippen molar-refractivity contribution in [3.63, 3.8) is 0 Å². The van der Waals surface area contributed by atoms with Gasteiger partial charge in [-0.3, -0.25) is 4.79 Å². The van der Waals surface area contributed by atoms with Crippen molar-refractivity contribution in [1.82, 2.24) is 0 Å². The van der Waals surface area contributed by atoms with Crippen LogP contribution in [0.3, 0.4) is 0 Å². The topological polar surface area (TPSA) is 33.5 Å².